The summed E-state index contributed by atoms with van der Waals surface area (Å²) in [6.45, 7) is 2.81. The SMILES string of the molecule is Cc1csc(NC(=O)[C@H]2CC(=O)N(CCc3ccc(F)cc3)C2)n1. The maximum atomic E-state index is 12.9. The molecule has 1 aliphatic heterocycles. The van der Waals surface area contributed by atoms with E-state index >= 15 is 0 Å². The van der Waals surface area contributed by atoms with Gasteiger partial charge in [-0.25, -0.2) is 9.37 Å². The van der Waals surface area contributed by atoms with Gasteiger partial charge in [-0.3, -0.25) is 9.59 Å². The highest BCUT2D eigenvalue weighted by Gasteiger charge is 2.34. The van der Waals surface area contributed by atoms with Crippen LogP contribution in [0.1, 0.15) is 17.7 Å². The molecule has 3 rings (SSSR count). The van der Waals surface area contributed by atoms with Crippen molar-refractivity contribution in [2.24, 2.45) is 5.92 Å². The van der Waals surface area contributed by atoms with Crippen molar-refractivity contribution < 1.29 is 14.0 Å². The third kappa shape index (κ3) is 3.97. The first kappa shape index (κ1) is 16.6. The molecule has 2 aromatic rings. The second kappa shape index (κ2) is 7.09. The normalized spacial score (nSPS) is 17.3. The fourth-order valence-electron chi connectivity index (χ4n) is 2.70. The number of benzene rings is 1. The van der Waals surface area contributed by atoms with Crippen LogP contribution in [-0.2, 0) is 16.0 Å². The molecule has 1 atom stereocenters. The number of nitrogens with one attached hydrogen (secondary N) is 1. The Morgan fingerprint density at radius 2 is 2.17 bits per heavy atom. The molecule has 0 aliphatic carbocycles. The van der Waals surface area contributed by atoms with Gasteiger partial charge in [0, 0.05) is 24.9 Å². The molecule has 0 unspecified atom stereocenters. The summed E-state index contributed by atoms with van der Waals surface area (Å²) in [7, 11) is 0. The Bertz CT molecular complexity index is 745. The average molecular weight is 347 g/mol. The van der Waals surface area contributed by atoms with Crippen LogP contribution in [0.2, 0.25) is 0 Å². The Morgan fingerprint density at radius 3 is 2.83 bits per heavy atom. The van der Waals surface area contributed by atoms with Gasteiger partial charge in [-0.05, 0) is 31.0 Å². The first-order valence-electron chi connectivity index (χ1n) is 7.76. The van der Waals surface area contributed by atoms with E-state index in [9.17, 15) is 14.0 Å². The van der Waals surface area contributed by atoms with Crippen molar-refractivity contribution in [1.82, 2.24) is 9.88 Å². The topological polar surface area (TPSA) is 62.3 Å². The Kier molecular flexibility index (Phi) is 4.89. The van der Waals surface area contributed by atoms with Crippen LogP contribution in [0.25, 0.3) is 0 Å². The molecule has 24 heavy (non-hydrogen) atoms. The van der Waals surface area contributed by atoms with Crippen LogP contribution in [0.15, 0.2) is 29.6 Å². The number of thiazole rings is 1. The van der Waals surface area contributed by atoms with E-state index in [0.29, 0.717) is 24.6 Å². The van der Waals surface area contributed by atoms with E-state index in [1.807, 2.05) is 12.3 Å². The van der Waals surface area contributed by atoms with Crippen LogP contribution in [0.3, 0.4) is 0 Å². The summed E-state index contributed by atoms with van der Waals surface area (Å²) in [5.74, 6) is -0.811. The molecule has 1 fully saturated rings. The van der Waals surface area contributed by atoms with Crippen LogP contribution in [0, 0.1) is 18.7 Å². The van der Waals surface area contributed by atoms with Gasteiger partial charge in [0.2, 0.25) is 11.8 Å². The Labute approximate surface area is 143 Å². The van der Waals surface area contributed by atoms with E-state index in [2.05, 4.69) is 10.3 Å². The number of likely N-dealkylation sites (tertiary alicyclic amines) is 1. The third-order valence-electron chi connectivity index (χ3n) is 4.02. The lowest BCUT2D eigenvalue weighted by molar-refractivity contribution is -0.128. The number of halogens is 1. The van der Waals surface area contributed by atoms with Gasteiger partial charge in [0.25, 0.3) is 0 Å². The standard InChI is InChI=1S/C17H18FN3O2S/c1-11-10-24-17(19-11)20-16(23)13-8-15(22)21(9-13)7-6-12-2-4-14(18)5-3-12/h2-5,10,13H,6-9H2,1H3,(H,19,20,23)/t13-/m0/s1. The van der Waals surface area contributed by atoms with Gasteiger partial charge >= 0.3 is 0 Å². The molecule has 1 aliphatic rings. The number of nitrogens with zero attached hydrogens (tertiary/aromatic N) is 2. The predicted octanol–water partition coefficient (Wildman–Crippen LogP) is 2.62. The van der Waals surface area contributed by atoms with Crippen LogP contribution < -0.4 is 5.32 Å². The summed E-state index contributed by atoms with van der Waals surface area (Å²) in [6.07, 6.45) is 0.867. The summed E-state index contributed by atoms with van der Waals surface area (Å²) in [5, 5.41) is 5.20. The Morgan fingerprint density at radius 1 is 1.42 bits per heavy atom. The maximum absolute atomic E-state index is 12.9. The van der Waals surface area contributed by atoms with Gasteiger partial charge in [0.05, 0.1) is 11.6 Å². The van der Waals surface area contributed by atoms with E-state index in [1.54, 1.807) is 17.0 Å². The number of hydrogen-bond acceptors (Lipinski definition) is 4. The molecular formula is C17H18FN3O2S. The van der Waals surface area contributed by atoms with Gasteiger partial charge in [0.1, 0.15) is 5.82 Å². The number of aryl methyl sites for hydroxylation is 1. The first-order chi connectivity index (χ1) is 11.5. The zero-order chi connectivity index (χ0) is 17.1. The second-order valence-electron chi connectivity index (χ2n) is 5.90. The van der Waals surface area contributed by atoms with Gasteiger partial charge in [-0.15, -0.1) is 11.3 Å². The third-order valence-corrected chi connectivity index (χ3v) is 4.89. The highest BCUT2D eigenvalue weighted by atomic mass is 32.1. The van der Waals surface area contributed by atoms with Crippen molar-refractivity contribution >= 4 is 28.3 Å². The van der Waals surface area contributed by atoms with Crippen molar-refractivity contribution in [1.29, 1.82) is 0 Å². The molecule has 1 N–H and O–H groups in total. The molecule has 1 aromatic carbocycles. The smallest absolute Gasteiger partial charge is 0.231 e. The van der Waals surface area contributed by atoms with E-state index < -0.39 is 0 Å². The molecular weight excluding hydrogens is 329 g/mol. The van der Waals surface area contributed by atoms with Crippen molar-refractivity contribution in [2.75, 3.05) is 18.4 Å². The highest BCUT2D eigenvalue weighted by molar-refractivity contribution is 7.13. The minimum atomic E-state index is -0.352. The average Bonchev–Trinajstić information content (AvgIpc) is 3.13. The minimum absolute atomic E-state index is 0.0208. The summed E-state index contributed by atoms with van der Waals surface area (Å²) in [4.78, 5) is 30.3. The van der Waals surface area contributed by atoms with Gasteiger partial charge in [0.15, 0.2) is 5.13 Å². The number of aromatic nitrogens is 1. The number of anilines is 1. The molecule has 1 saturated heterocycles. The lowest BCUT2D eigenvalue weighted by Gasteiger charge is -2.16. The lowest BCUT2D eigenvalue weighted by Crippen LogP contribution is -2.30. The fourth-order valence-corrected chi connectivity index (χ4v) is 3.39. The maximum Gasteiger partial charge on any atom is 0.231 e. The van der Waals surface area contributed by atoms with Crippen molar-refractivity contribution in [3.05, 3.63) is 46.7 Å². The Hall–Kier alpha value is -2.28. The van der Waals surface area contributed by atoms with Crippen molar-refractivity contribution in [2.45, 2.75) is 19.8 Å². The molecule has 5 nitrogen and oxygen atoms in total. The van der Waals surface area contributed by atoms with E-state index in [0.717, 1.165) is 11.3 Å². The molecule has 7 heteroatoms. The molecule has 0 radical (unpaired) electrons. The monoisotopic (exact) mass is 347 g/mol. The summed E-state index contributed by atoms with van der Waals surface area (Å²) in [6, 6.07) is 6.25. The van der Waals surface area contributed by atoms with Gasteiger partial charge in [-0.2, -0.15) is 0 Å². The first-order valence-corrected chi connectivity index (χ1v) is 8.64. The van der Waals surface area contributed by atoms with Gasteiger partial charge in [-0.1, -0.05) is 12.1 Å². The minimum Gasteiger partial charge on any atom is -0.342 e. The molecule has 2 heterocycles. The summed E-state index contributed by atoms with van der Waals surface area (Å²) in [5.41, 5.74) is 1.83. The zero-order valence-corrected chi connectivity index (χ0v) is 14.1. The number of rotatable bonds is 5. The largest absolute Gasteiger partial charge is 0.342 e. The van der Waals surface area contributed by atoms with Crippen LogP contribution in [-0.4, -0.2) is 34.8 Å². The van der Waals surface area contributed by atoms with Crippen molar-refractivity contribution in [3.63, 3.8) is 0 Å². The summed E-state index contributed by atoms with van der Waals surface area (Å²) >= 11 is 1.37. The van der Waals surface area contributed by atoms with Crippen LogP contribution >= 0.6 is 11.3 Å². The molecule has 0 saturated carbocycles. The van der Waals surface area contributed by atoms with Crippen molar-refractivity contribution in [3.8, 4) is 0 Å². The number of hydrogen-bond donors (Lipinski definition) is 1. The van der Waals surface area contributed by atoms with Crippen LogP contribution in [0.5, 0.6) is 0 Å². The molecule has 2 amide bonds. The number of amides is 2. The molecule has 1 aromatic heterocycles. The highest BCUT2D eigenvalue weighted by Crippen LogP contribution is 2.22. The fraction of sp³-hybridized carbons (Fsp3) is 0.353. The quantitative estimate of drug-likeness (QED) is 0.904. The lowest BCUT2D eigenvalue weighted by atomic mass is 10.1. The predicted molar refractivity (Wildman–Crippen MR) is 90.3 cm³/mol. The second-order valence-corrected chi connectivity index (χ2v) is 6.76. The molecule has 0 bridgehead atoms. The molecule has 0 spiro atoms. The van der Waals surface area contributed by atoms with E-state index in [1.165, 1.54) is 23.5 Å². The zero-order valence-electron chi connectivity index (χ0n) is 13.3. The Balaban J connectivity index is 1.53. The molecule has 126 valence electrons. The summed E-state index contributed by atoms with van der Waals surface area (Å²) < 4.78 is 12.9. The van der Waals surface area contributed by atoms with Gasteiger partial charge < -0.3 is 10.2 Å². The number of carbonyl (C=O) groups is 2. The van der Waals surface area contributed by atoms with E-state index in [-0.39, 0.29) is 30.0 Å². The van der Waals surface area contributed by atoms with Crippen LogP contribution in [0.4, 0.5) is 9.52 Å². The van der Waals surface area contributed by atoms with E-state index in [4.69, 9.17) is 0 Å². The number of carbonyl (C=O) groups excluding carboxylic acids is 2.